The van der Waals surface area contributed by atoms with Crippen molar-refractivity contribution in [3.63, 3.8) is 0 Å². The van der Waals surface area contributed by atoms with Gasteiger partial charge in [0.2, 0.25) is 11.9 Å². The number of nitrogens with zero attached hydrogens (tertiary/aromatic N) is 2. The second-order valence-electron chi connectivity index (χ2n) is 8.91. The first-order chi connectivity index (χ1) is 16.3. The third-order valence-corrected chi connectivity index (χ3v) is 4.62. The van der Waals surface area contributed by atoms with Crippen LogP contribution in [0.25, 0.3) is 0 Å². The molecule has 0 aliphatic rings. The van der Waals surface area contributed by atoms with E-state index >= 15 is 0 Å². The quantitative estimate of drug-likeness (QED) is 0.166. The largest absolute Gasteiger partial charge is 0.468 e. The summed E-state index contributed by atoms with van der Waals surface area (Å²) in [7, 11) is 1.11. The van der Waals surface area contributed by atoms with Crippen molar-refractivity contribution in [3.05, 3.63) is 0 Å². The third-order valence-electron chi connectivity index (χ3n) is 4.62. The lowest BCUT2D eigenvalue weighted by Gasteiger charge is -2.22. The molecule has 0 aromatic carbocycles. The van der Waals surface area contributed by atoms with Crippen molar-refractivity contribution in [1.82, 2.24) is 10.2 Å². The summed E-state index contributed by atoms with van der Waals surface area (Å²) in [6, 6.07) is 0. The summed E-state index contributed by atoms with van der Waals surface area (Å²) in [5.74, 6) is -1.93. The summed E-state index contributed by atoms with van der Waals surface area (Å²) in [6.45, 7) is 3.50. The molecule has 0 saturated carbocycles. The fourth-order valence-corrected chi connectivity index (χ4v) is 2.93. The summed E-state index contributed by atoms with van der Waals surface area (Å²) >= 11 is 0. The number of unbranched alkanes of at least 4 members (excludes halogenated alkanes) is 10. The molecule has 0 heterocycles. The van der Waals surface area contributed by atoms with Crippen molar-refractivity contribution in [2.45, 2.75) is 110 Å². The smallest absolute Gasteiger partial charge is 0.437 e. The van der Waals surface area contributed by atoms with Gasteiger partial charge in [0.05, 0.1) is 7.11 Å². The Morgan fingerprint density at radius 1 is 0.938 bits per heavy atom. The number of aliphatic imine (C=N–C) groups is 1. The zero-order valence-corrected chi connectivity index (χ0v) is 20.6. The first-order valence-corrected chi connectivity index (χ1v) is 11.8. The fraction of sp³-hybridized carbons (Fsp3) is 0.833. The molecule has 0 rings (SSSR count). The summed E-state index contributed by atoms with van der Waals surface area (Å²) in [4.78, 5) is 40.7. The lowest BCUT2D eigenvalue weighted by atomic mass is 10.1. The van der Waals surface area contributed by atoms with Crippen LogP contribution in [0.15, 0.2) is 4.99 Å². The first-order valence-electron chi connectivity index (χ1n) is 13.3. The molecular formula is C24H45N3O5. The highest BCUT2D eigenvalue weighted by Crippen LogP contribution is 2.12. The van der Waals surface area contributed by atoms with Gasteiger partial charge in [-0.2, -0.15) is 0 Å². The monoisotopic (exact) mass is 458 g/mol. The lowest BCUT2D eigenvalue weighted by Crippen LogP contribution is -2.45. The summed E-state index contributed by atoms with van der Waals surface area (Å²) < 4.78 is 32.8. The number of rotatable bonds is 14. The molecule has 0 spiro atoms. The Balaban J connectivity index is 4.87. The van der Waals surface area contributed by atoms with Gasteiger partial charge in [0, 0.05) is 17.5 Å². The van der Waals surface area contributed by atoms with Crippen molar-refractivity contribution in [3.8, 4) is 0 Å². The molecule has 0 bridgehead atoms. The van der Waals surface area contributed by atoms with E-state index in [9.17, 15) is 14.4 Å². The average molecular weight is 459 g/mol. The van der Waals surface area contributed by atoms with Crippen LogP contribution in [0.1, 0.15) is 109 Å². The fourth-order valence-electron chi connectivity index (χ4n) is 2.93. The molecule has 32 heavy (non-hydrogen) atoms. The van der Waals surface area contributed by atoms with Gasteiger partial charge in [-0.05, 0) is 27.2 Å². The van der Waals surface area contributed by atoms with E-state index in [-0.39, 0.29) is 6.42 Å². The Labute approximate surface area is 198 Å². The minimum absolute atomic E-state index is 0.136. The zero-order valence-electron chi connectivity index (χ0n) is 23.6. The molecular weight excluding hydrogens is 410 g/mol. The molecule has 0 aromatic heterocycles. The van der Waals surface area contributed by atoms with Crippen LogP contribution in [0.4, 0.5) is 4.79 Å². The Kier molecular flexibility index (Phi) is 13.4. The van der Waals surface area contributed by atoms with Gasteiger partial charge >= 0.3 is 12.1 Å². The average Bonchev–Trinajstić information content (AvgIpc) is 2.73. The molecule has 0 radical (unpaired) electrons. The SMILES string of the molecule is [2H]C([2H])([2H])N(CC(=O)OC)/C(=N\C(=O)OC(C)(C)C)NC(=O)CCCCCCCCCCCCC. The highest BCUT2D eigenvalue weighted by molar-refractivity contribution is 6.01. The summed E-state index contributed by atoms with van der Waals surface area (Å²) in [5, 5.41) is 2.37. The molecule has 1 N–H and O–H groups in total. The van der Waals surface area contributed by atoms with Crippen molar-refractivity contribution in [1.29, 1.82) is 0 Å². The van der Waals surface area contributed by atoms with Crippen LogP contribution in [0, 0.1) is 0 Å². The van der Waals surface area contributed by atoms with Gasteiger partial charge in [0.15, 0.2) is 0 Å². The molecule has 8 heteroatoms. The molecule has 0 fully saturated rings. The van der Waals surface area contributed by atoms with Gasteiger partial charge in [-0.25, -0.2) is 4.79 Å². The van der Waals surface area contributed by atoms with Crippen LogP contribution in [0.3, 0.4) is 0 Å². The number of carbonyl (C=O) groups excluding carboxylic acids is 3. The van der Waals surface area contributed by atoms with Gasteiger partial charge < -0.3 is 14.4 Å². The Bertz CT molecular complexity index is 676. The third kappa shape index (κ3) is 17.5. The molecule has 186 valence electrons. The molecule has 0 aliphatic carbocycles. The molecule has 2 amide bonds. The Morgan fingerprint density at radius 3 is 1.94 bits per heavy atom. The first kappa shape index (κ1) is 24.5. The number of likely N-dealkylation sites (N-methyl/N-ethyl adjacent to an activating group) is 1. The second-order valence-corrected chi connectivity index (χ2v) is 8.91. The topological polar surface area (TPSA) is 97.3 Å². The highest BCUT2D eigenvalue weighted by Gasteiger charge is 2.20. The van der Waals surface area contributed by atoms with E-state index in [2.05, 4.69) is 22.0 Å². The maximum absolute atomic E-state index is 12.5. The van der Waals surface area contributed by atoms with Gasteiger partial charge in [0.1, 0.15) is 12.1 Å². The Morgan fingerprint density at radius 2 is 1.47 bits per heavy atom. The number of esters is 1. The van der Waals surface area contributed by atoms with Gasteiger partial charge in [-0.15, -0.1) is 4.99 Å². The van der Waals surface area contributed by atoms with Crippen LogP contribution in [-0.2, 0) is 19.1 Å². The van der Waals surface area contributed by atoms with Crippen molar-refractivity contribution in [2.75, 3.05) is 20.6 Å². The normalized spacial score (nSPS) is 13.5. The molecule has 8 nitrogen and oxygen atoms in total. The van der Waals surface area contributed by atoms with Gasteiger partial charge in [0.25, 0.3) is 0 Å². The Hall–Kier alpha value is -2.12. The zero-order chi connectivity index (χ0) is 26.9. The van der Waals surface area contributed by atoms with Crippen LogP contribution < -0.4 is 5.32 Å². The predicted octanol–water partition coefficient (Wildman–Crippen LogP) is 5.20. The number of nitrogens with one attached hydrogen (secondary N) is 1. The van der Waals surface area contributed by atoms with E-state index in [1.807, 2.05) is 0 Å². The number of methoxy groups -OCH3 is 1. The molecule has 0 aliphatic heterocycles. The minimum atomic E-state index is -2.86. The number of amides is 2. The van der Waals surface area contributed by atoms with E-state index in [0.717, 1.165) is 26.4 Å². The van der Waals surface area contributed by atoms with Crippen molar-refractivity contribution < 1.29 is 28.0 Å². The second kappa shape index (κ2) is 17.4. The van der Waals surface area contributed by atoms with Crippen LogP contribution >= 0.6 is 0 Å². The molecule has 0 aromatic rings. The van der Waals surface area contributed by atoms with Crippen LogP contribution in [0.2, 0.25) is 0 Å². The maximum atomic E-state index is 12.5. The number of ether oxygens (including phenoxy) is 2. The highest BCUT2D eigenvalue weighted by atomic mass is 16.6. The molecule has 0 saturated heterocycles. The van der Waals surface area contributed by atoms with Crippen molar-refractivity contribution in [2.24, 2.45) is 4.99 Å². The summed E-state index contributed by atoms with van der Waals surface area (Å²) in [6.07, 6.45) is 11.5. The molecule has 0 unspecified atom stereocenters. The number of hydrogen-bond donors (Lipinski definition) is 1. The maximum Gasteiger partial charge on any atom is 0.437 e. The van der Waals surface area contributed by atoms with E-state index in [1.165, 1.54) is 44.9 Å². The number of hydrogen-bond acceptors (Lipinski definition) is 5. The van der Waals surface area contributed by atoms with E-state index in [1.54, 1.807) is 20.8 Å². The van der Waals surface area contributed by atoms with Crippen molar-refractivity contribution >= 4 is 23.9 Å². The van der Waals surface area contributed by atoms with E-state index in [0.29, 0.717) is 11.3 Å². The van der Waals surface area contributed by atoms with Gasteiger partial charge in [-0.1, -0.05) is 71.1 Å². The standard InChI is InChI=1S/C24H45N3O5/c1-7-8-9-10-11-12-13-14-15-16-17-18-20(28)25-22(27(5)19-21(29)31-6)26-23(30)32-24(2,3)4/h7-19H2,1-6H3,(H,25,26,28,30)/i5D3. The number of carbonyl (C=O) groups is 3. The molecule has 0 atom stereocenters. The lowest BCUT2D eigenvalue weighted by molar-refractivity contribution is -0.140. The number of guanidine groups is 1. The van der Waals surface area contributed by atoms with Gasteiger partial charge in [-0.3, -0.25) is 14.9 Å². The summed E-state index contributed by atoms with van der Waals surface area (Å²) in [5.41, 5.74) is -0.877. The van der Waals surface area contributed by atoms with E-state index in [4.69, 9.17) is 8.85 Å². The minimum Gasteiger partial charge on any atom is -0.468 e. The van der Waals surface area contributed by atoms with E-state index < -0.39 is 43.1 Å². The predicted molar refractivity (Wildman–Crippen MR) is 128 cm³/mol. The van der Waals surface area contributed by atoms with Crippen LogP contribution in [-0.4, -0.2) is 55.1 Å². The van der Waals surface area contributed by atoms with Crippen LogP contribution in [0.5, 0.6) is 0 Å².